The Kier molecular flexibility index (Phi) is 6.38. The zero-order valence-electron chi connectivity index (χ0n) is 16.8. The SMILES string of the molecule is CSc1cccc(-c2nc(C)c(C(=O)N3CCC(N4CCCCC4)CC3)s2)c1. The second kappa shape index (κ2) is 8.97. The molecule has 0 atom stereocenters. The molecule has 4 rings (SSSR count). The minimum absolute atomic E-state index is 0.166. The highest BCUT2D eigenvalue weighted by Gasteiger charge is 2.29. The van der Waals surface area contributed by atoms with Crippen LogP contribution in [0.3, 0.4) is 0 Å². The van der Waals surface area contributed by atoms with Gasteiger partial charge in [0.05, 0.1) is 5.69 Å². The third kappa shape index (κ3) is 4.29. The third-order valence-corrected chi connectivity index (χ3v) is 7.89. The van der Waals surface area contributed by atoms with Gasteiger partial charge in [-0.1, -0.05) is 18.6 Å². The molecule has 4 nitrogen and oxygen atoms in total. The number of carbonyl (C=O) groups excluding carboxylic acids is 1. The Bertz CT molecular complexity index is 821. The Hall–Kier alpha value is -1.37. The van der Waals surface area contributed by atoms with Crippen LogP contribution in [0.4, 0.5) is 0 Å². The van der Waals surface area contributed by atoms with Gasteiger partial charge >= 0.3 is 0 Å². The molecule has 1 aromatic carbocycles. The van der Waals surface area contributed by atoms with E-state index in [4.69, 9.17) is 4.98 Å². The number of amides is 1. The first-order valence-electron chi connectivity index (χ1n) is 10.3. The molecule has 6 heteroatoms. The number of thiazole rings is 1. The monoisotopic (exact) mass is 415 g/mol. The van der Waals surface area contributed by atoms with Gasteiger partial charge in [-0.2, -0.15) is 0 Å². The van der Waals surface area contributed by atoms with E-state index in [1.165, 1.54) is 37.2 Å². The van der Waals surface area contributed by atoms with Gasteiger partial charge in [-0.05, 0) is 64.1 Å². The maximum Gasteiger partial charge on any atom is 0.265 e. The summed E-state index contributed by atoms with van der Waals surface area (Å²) in [5, 5.41) is 0.944. The molecule has 0 radical (unpaired) electrons. The van der Waals surface area contributed by atoms with E-state index >= 15 is 0 Å². The number of piperidine rings is 2. The number of aryl methyl sites for hydroxylation is 1. The molecule has 2 aliphatic heterocycles. The van der Waals surface area contributed by atoms with Gasteiger partial charge < -0.3 is 9.80 Å². The lowest BCUT2D eigenvalue weighted by Gasteiger charge is -2.40. The first-order chi connectivity index (χ1) is 13.7. The fourth-order valence-corrected chi connectivity index (χ4v) is 5.83. The van der Waals surface area contributed by atoms with E-state index in [2.05, 4.69) is 35.4 Å². The largest absolute Gasteiger partial charge is 0.338 e. The van der Waals surface area contributed by atoms with Crippen molar-refractivity contribution in [2.45, 2.75) is 50.0 Å². The van der Waals surface area contributed by atoms with E-state index in [-0.39, 0.29) is 5.91 Å². The summed E-state index contributed by atoms with van der Waals surface area (Å²) in [4.78, 5) is 24.6. The molecule has 0 saturated carbocycles. The van der Waals surface area contributed by atoms with Gasteiger partial charge in [0, 0.05) is 29.6 Å². The Labute approximate surface area is 176 Å². The minimum Gasteiger partial charge on any atom is -0.338 e. The summed E-state index contributed by atoms with van der Waals surface area (Å²) in [6.45, 7) is 6.19. The van der Waals surface area contributed by atoms with Crippen LogP contribution in [0.15, 0.2) is 29.2 Å². The Morgan fingerprint density at radius 3 is 2.61 bits per heavy atom. The number of rotatable bonds is 4. The standard InChI is InChI=1S/C22H29N3OS2/c1-16-20(28-21(23-16)17-7-6-8-19(15-17)27-2)22(26)25-13-9-18(10-14-25)24-11-4-3-5-12-24/h6-8,15,18H,3-5,9-14H2,1-2H3. The molecular weight excluding hydrogens is 386 g/mol. The highest BCUT2D eigenvalue weighted by Crippen LogP contribution is 2.31. The summed E-state index contributed by atoms with van der Waals surface area (Å²) < 4.78 is 0. The highest BCUT2D eigenvalue weighted by atomic mass is 32.2. The fraction of sp³-hybridized carbons (Fsp3) is 0.545. The molecular formula is C22H29N3OS2. The van der Waals surface area contributed by atoms with Gasteiger partial charge in [-0.25, -0.2) is 4.98 Å². The summed E-state index contributed by atoms with van der Waals surface area (Å²) in [6, 6.07) is 9.06. The van der Waals surface area contributed by atoms with E-state index in [0.29, 0.717) is 6.04 Å². The van der Waals surface area contributed by atoms with Crippen LogP contribution in [0, 0.1) is 6.92 Å². The first-order valence-corrected chi connectivity index (χ1v) is 12.3. The number of hydrogen-bond acceptors (Lipinski definition) is 5. The van der Waals surface area contributed by atoms with Crippen LogP contribution < -0.4 is 0 Å². The van der Waals surface area contributed by atoms with Crippen molar-refractivity contribution in [2.75, 3.05) is 32.4 Å². The van der Waals surface area contributed by atoms with Crippen LogP contribution in [0.2, 0.25) is 0 Å². The van der Waals surface area contributed by atoms with Gasteiger partial charge in [0.25, 0.3) is 5.91 Å². The second-order valence-electron chi connectivity index (χ2n) is 7.79. The van der Waals surface area contributed by atoms with E-state index < -0.39 is 0 Å². The zero-order valence-corrected chi connectivity index (χ0v) is 18.5. The maximum absolute atomic E-state index is 13.1. The average Bonchev–Trinajstić information content (AvgIpc) is 3.15. The van der Waals surface area contributed by atoms with Crippen molar-refractivity contribution in [3.05, 3.63) is 34.8 Å². The number of hydrogen-bond donors (Lipinski definition) is 0. The lowest BCUT2D eigenvalue weighted by Crippen LogP contribution is -2.48. The first kappa shape index (κ1) is 19.9. The van der Waals surface area contributed by atoms with Crippen LogP contribution in [0.25, 0.3) is 10.6 Å². The molecule has 2 aliphatic rings. The van der Waals surface area contributed by atoms with Crippen molar-refractivity contribution in [3.63, 3.8) is 0 Å². The number of benzene rings is 1. The molecule has 0 N–H and O–H groups in total. The molecule has 0 aliphatic carbocycles. The second-order valence-corrected chi connectivity index (χ2v) is 9.66. The third-order valence-electron chi connectivity index (χ3n) is 5.97. The van der Waals surface area contributed by atoms with Crippen LogP contribution >= 0.6 is 23.1 Å². The molecule has 0 bridgehead atoms. The van der Waals surface area contributed by atoms with Crippen LogP contribution in [0.5, 0.6) is 0 Å². The molecule has 2 aromatic rings. The van der Waals surface area contributed by atoms with Crippen LogP contribution in [0.1, 0.15) is 47.5 Å². The van der Waals surface area contributed by atoms with Crippen molar-refractivity contribution in [1.82, 2.24) is 14.8 Å². The smallest absolute Gasteiger partial charge is 0.265 e. The zero-order chi connectivity index (χ0) is 19.5. The molecule has 1 amide bonds. The topological polar surface area (TPSA) is 36.4 Å². The Morgan fingerprint density at radius 2 is 1.89 bits per heavy atom. The number of likely N-dealkylation sites (tertiary alicyclic amines) is 2. The molecule has 3 heterocycles. The van der Waals surface area contributed by atoms with Crippen LogP contribution in [-0.4, -0.2) is 59.2 Å². The summed E-state index contributed by atoms with van der Waals surface area (Å²) in [7, 11) is 0. The molecule has 2 saturated heterocycles. The van der Waals surface area contributed by atoms with Gasteiger partial charge in [-0.15, -0.1) is 23.1 Å². The molecule has 28 heavy (non-hydrogen) atoms. The summed E-state index contributed by atoms with van der Waals surface area (Å²) >= 11 is 3.27. The number of carbonyl (C=O) groups is 1. The summed E-state index contributed by atoms with van der Waals surface area (Å²) in [5.41, 5.74) is 1.96. The van der Waals surface area contributed by atoms with Crippen molar-refractivity contribution in [1.29, 1.82) is 0 Å². The predicted molar refractivity (Wildman–Crippen MR) is 118 cm³/mol. The normalized spacial score (nSPS) is 19.1. The minimum atomic E-state index is 0.166. The summed E-state index contributed by atoms with van der Waals surface area (Å²) in [5.74, 6) is 0.166. The average molecular weight is 416 g/mol. The number of thioether (sulfide) groups is 1. The predicted octanol–water partition coefficient (Wildman–Crippen LogP) is 4.93. The molecule has 1 aromatic heterocycles. The molecule has 150 valence electrons. The number of aromatic nitrogens is 1. The summed E-state index contributed by atoms with van der Waals surface area (Å²) in [6.07, 6.45) is 8.33. The number of nitrogens with zero attached hydrogens (tertiary/aromatic N) is 3. The molecule has 0 spiro atoms. The molecule has 2 fully saturated rings. The highest BCUT2D eigenvalue weighted by molar-refractivity contribution is 7.98. The molecule has 0 unspecified atom stereocenters. The lowest BCUT2D eigenvalue weighted by atomic mass is 10.00. The van der Waals surface area contributed by atoms with Crippen molar-refractivity contribution < 1.29 is 4.79 Å². The van der Waals surface area contributed by atoms with Gasteiger partial charge in [0.15, 0.2) is 0 Å². The maximum atomic E-state index is 13.1. The van der Waals surface area contributed by atoms with E-state index in [1.54, 1.807) is 23.1 Å². The van der Waals surface area contributed by atoms with Crippen molar-refractivity contribution >= 4 is 29.0 Å². The van der Waals surface area contributed by atoms with Gasteiger partial charge in [-0.3, -0.25) is 4.79 Å². The van der Waals surface area contributed by atoms with E-state index in [9.17, 15) is 4.79 Å². The quantitative estimate of drug-likeness (QED) is 0.664. The van der Waals surface area contributed by atoms with E-state index in [0.717, 1.165) is 47.1 Å². The van der Waals surface area contributed by atoms with E-state index in [1.807, 2.05) is 11.8 Å². The Balaban J connectivity index is 1.43. The van der Waals surface area contributed by atoms with Crippen molar-refractivity contribution in [2.24, 2.45) is 0 Å². The fourth-order valence-electron chi connectivity index (χ4n) is 4.34. The Morgan fingerprint density at radius 1 is 1.14 bits per heavy atom. The van der Waals surface area contributed by atoms with Crippen molar-refractivity contribution in [3.8, 4) is 10.6 Å². The van der Waals surface area contributed by atoms with Crippen LogP contribution in [-0.2, 0) is 0 Å². The lowest BCUT2D eigenvalue weighted by molar-refractivity contribution is 0.0593. The van der Waals surface area contributed by atoms with Gasteiger partial charge in [0.1, 0.15) is 9.88 Å². The van der Waals surface area contributed by atoms with Gasteiger partial charge in [0.2, 0.25) is 0 Å².